The quantitative estimate of drug-likeness (QED) is 0.758. The van der Waals surface area contributed by atoms with Gasteiger partial charge in [0.05, 0.1) is 6.10 Å². The molecule has 0 radical (unpaired) electrons. The minimum Gasteiger partial charge on any atom is -0.381 e. The van der Waals surface area contributed by atoms with Gasteiger partial charge in [0.25, 0.3) is 0 Å². The second-order valence-electron chi connectivity index (χ2n) is 5.40. The number of ether oxygens (including phenoxy) is 1. The summed E-state index contributed by atoms with van der Waals surface area (Å²) >= 11 is 0. The first-order valence-corrected chi connectivity index (χ1v) is 6.53. The Morgan fingerprint density at radius 2 is 2.07 bits per heavy atom. The van der Waals surface area contributed by atoms with Gasteiger partial charge in [-0.15, -0.1) is 0 Å². The first kappa shape index (κ1) is 11.4. The maximum Gasteiger partial charge on any atom is 0.0575 e. The SMILES string of the molecule is CCC1CC2CC(OC)CCC2NC1C. The van der Waals surface area contributed by atoms with Crippen molar-refractivity contribution in [1.29, 1.82) is 0 Å². The Labute approximate surface area is 93.8 Å². The number of hydrogen-bond donors (Lipinski definition) is 1. The summed E-state index contributed by atoms with van der Waals surface area (Å²) in [6.45, 7) is 4.67. The van der Waals surface area contributed by atoms with Crippen LogP contribution in [-0.2, 0) is 4.74 Å². The van der Waals surface area contributed by atoms with Gasteiger partial charge in [0.2, 0.25) is 0 Å². The van der Waals surface area contributed by atoms with Crippen LogP contribution >= 0.6 is 0 Å². The van der Waals surface area contributed by atoms with E-state index < -0.39 is 0 Å². The van der Waals surface area contributed by atoms with E-state index in [9.17, 15) is 0 Å². The monoisotopic (exact) mass is 211 g/mol. The molecule has 1 aliphatic heterocycles. The van der Waals surface area contributed by atoms with Crippen molar-refractivity contribution in [2.24, 2.45) is 11.8 Å². The van der Waals surface area contributed by atoms with E-state index >= 15 is 0 Å². The fourth-order valence-electron chi connectivity index (χ4n) is 3.50. The lowest BCUT2D eigenvalue weighted by Gasteiger charge is -2.45. The van der Waals surface area contributed by atoms with Gasteiger partial charge in [0.15, 0.2) is 0 Å². The molecule has 1 N–H and O–H groups in total. The molecule has 5 atom stereocenters. The fourth-order valence-corrected chi connectivity index (χ4v) is 3.50. The number of rotatable bonds is 2. The third kappa shape index (κ3) is 2.36. The highest BCUT2D eigenvalue weighted by Gasteiger charge is 2.37. The van der Waals surface area contributed by atoms with E-state index in [1.54, 1.807) is 0 Å². The minimum absolute atomic E-state index is 0.527. The topological polar surface area (TPSA) is 21.3 Å². The molecule has 2 aliphatic rings. The average molecular weight is 211 g/mol. The Bertz CT molecular complexity index is 207. The summed E-state index contributed by atoms with van der Waals surface area (Å²) in [7, 11) is 1.86. The van der Waals surface area contributed by atoms with Gasteiger partial charge in [-0.1, -0.05) is 13.3 Å². The molecule has 0 aromatic heterocycles. The third-order valence-electron chi connectivity index (χ3n) is 4.58. The normalized spacial score (nSPS) is 46.2. The molecule has 5 unspecified atom stereocenters. The second-order valence-corrected chi connectivity index (χ2v) is 5.40. The molecule has 1 heterocycles. The summed E-state index contributed by atoms with van der Waals surface area (Å²) in [6.07, 6.45) is 7.08. The van der Waals surface area contributed by atoms with Crippen molar-refractivity contribution >= 4 is 0 Å². The average Bonchev–Trinajstić information content (AvgIpc) is 2.27. The van der Waals surface area contributed by atoms with Crippen molar-refractivity contribution in [2.75, 3.05) is 7.11 Å². The lowest BCUT2D eigenvalue weighted by atomic mass is 9.72. The molecule has 0 spiro atoms. The van der Waals surface area contributed by atoms with E-state index in [1.807, 2.05) is 7.11 Å². The summed E-state index contributed by atoms with van der Waals surface area (Å²) in [5, 5.41) is 3.81. The number of fused-ring (bicyclic) bond motifs is 1. The first-order chi connectivity index (χ1) is 7.24. The fraction of sp³-hybridized carbons (Fsp3) is 1.00. The highest BCUT2D eigenvalue weighted by atomic mass is 16.5. The van der Waals surface area contributed by atoms with Crippen molar-refractivity contribution in [3.63, 3.8) is 0 Å². The minimum atomic E-state index is 0.527. The Kier molecular flexibility index (Phi) is 3.68. The van der Waals surface area contributed by atoms with Gasteiger partial charge in [-0.05, 0) is 44.4 Å². The molecular formula is C13H25NO. The van der Waals surface area contributed by atoms with Gasteiger partial charge in [0, 0.05) is 19.2 Å². The Balaban J connectivity index is 1.95. The maximum absolute atomic E-state index is 5.51. The summed E-state index contributed by atoms with van der Waals surface area (Å²) in [5.41, 5.74) is 0. The van der Waals surface area contributed by atoms with Crippen molar-refractivity contribution in [2.45, 2.75) is 64.1 Å². The van der Waals surface area contributed by atoms with Gasteiger partial charge < -0.3 is 10.1 Å². The number of hydrogen-bond acceptors (Lipinski definition) is 2. The van der Waals surface area contributed by atoms with E-state index in [0.717, 1.165) is 23.9 Å². The van der Waals surface area contributed by atoms with Crippen LogP contribution in [0.2, 0.25) is 0 Å². The predicted molar refractivity (Wildman–Crippen MR) is 62.9 cm³/mol. The number of methoxy groups -OCH3 is 1. The third-order valence-corrected chi connectivity index (χ3v) is 4.58. The van der Waals surface area contributed by atoms with E-state index in [4.69, 9.17) is 4.74 Å². The van der Waals surface area contributed by atoms with E-state index in [1.165, 1.54) is 32.1 Å². The van der Waals surface area contributed by atoms with Crippen LogP contribution in [-0.4, -0.2) is 25.3 Å². The van der Waals surface area contributed by atoms with Crippen LogP contribution in [0.25, 0.3) is 0 Å². The molecule has 0 aromatic rings. The van der Waals surface area contributed by atoms with Gasteiger partial charge in [-0.2, -0.15) is 0 Å². The van der Waals surface area contributed by atoms with E-state index in [2.05, 4.69) is 19.2 Å². The summed E-state index contributed by atoms with van der Waals surface area (Å²) in [6, 6.07) is 1.49. The summed E-state index contributed by atoms with van der Waals surface area (Å²) < 4.78 is 5.51. The molecular weight excluding hydrogens is 186 g/mol. The zero-order valence-electron chi connectivity index (χ0n) is 10.3. The van der Waals surface area contributed by atoms with Gasteiger partial charge in [0.1, 0.15) is 0 Å². The molecule has 0 bridgehead atoms. The molecule has 1 saturated carbocycles. The largest absolute Gasteiger partial charge is 0.381 e. The molecule has 1 aliphatic carbocycles. The van der Waals surface area contributed by atoms with Crippen LogP contribution in [0.1, 0.15) is 46.0 Å². The molecule has 88 valence electrons. The summed E-state index contributed by atoms with van der Waals surface area (Å²) in [4.78, 5) is 0. The second kappa shape index (κ2) is 4.84. The number of piperidine rings is 1. The molecule has 2 fully saturated rings. The molecule has 15 heavy (non-hydrogen) atoms. The van der Waals surface area contributed by atoms with E-state index in [0.29, 0.717) is 6.10 Å². The van der Waals surface area contributed by atoms with Crippen LogP contribution < -0.4 is 5.32 Å². The van der Waals surface area contributed by atoms with Crippen molar-refractivity contribution in [3.05, 3.63) is 0 Å². The van der Waals surface area contributed by atoms with Crippen LogP contribution in [0, 0.1) is 11.8 Å². The predicted octanol–water partition coefficient (Wildman–Crippen LogP) is 2.58. The molecule has 0 aromatic carbocycles. The first-order valence-electron chi connectivity index (χ1n) is 6.53. The summed E-state index contributed by atoms with van der Waals surface area (Å²) in [5.74, 6) is 1.74. The van der Waals surface area contributed by atoms with Crippen molar-refractivity contribution < 1.29 is 4.74 Å². The molecule has 2 rings (SSSR count). The van der Waals surface area contributed by atoms with E-state index in [-0.39, 0.29) is 0 Å². The smallest absolute Gasteiger partial charge is 0.0575 e. The number of nitrogens with one attached hydrogen (secondary N) is 1. The van der Waals surface area contributed by atoms with Crippen molar-refractivity contribution in [1.82, 2.24) is 5.32 Å². The van der Waals surface area contributed by atoms with Gasteiger partial charge >= 0.3 is 0 Å². The van der Waals surface area contributed by atoms with Crippen LogP contribution in [0.15, 0.2) is 0 Å². The highest BCUT2D eigenvalue weighted by molar-refractivity contribution is 4.93. The van der Waals surface area contributed by atoms with Crippen molar-refractivity contribution in [3.8, 4) is 0 Å². The zero-order valence-corrected chi connectivity index (χ0v) is 10.3. The molecule has 2 heteroatoms. The molecule has 1 saturated heterocycles. The zero-order chi connectivity index (χ0) is 10.8. The lowest BCUT2D eigenvalue weighted by molar-refractivity contribution is 0.0128. The van der Waals surface area contributed by atoms with Crippen LogP contribution in [0.3, 0.4) is 0 Å². The van der Waals surface area contributed by atoms with Gasteiger partial charge in [-0.3, -0.25) is 0 Å². The maximum atomic E-state index is 5.51. The Hall–Kier alpha value is -0.0800. The Morgan fingerprint density at radius 3 is 2.73 bits per heavy atom. The lowest BCUT2D eigenvalue weighted by Crippen LogP contribution is -2.53. The highest BCUT2D eigenvalue weighted by Crippen LogP contribution is 2.36. The molecule has 0 amide bonds. The Morgan fingerprint density at radius 1 is 1.27 bits per heavy atom. The molecule has 2 nitrogen and oxygen atoms in total. The van der Waals surface area contributed by atoms with Crippen LogP contribution in [0.4, 0.5) is 0 Å². The van der Waals surface area contributed by atoms with Gasteiger partial charge in [-0.25, -0.2) is 0 Å². The standard InChI is InChI=1S/C13H25NO/c1-4-10-7-11-8-12(15-3)5-6-13(11)14-9(10)2/h9-14H,4-8H2,1-3H3. The van der Waals surface area contributed by atoms with Crippen LogP contribution in [0.5, 0.6) is 0 Å².